The second kappa shape index (κ2) is 11.9. The third-order valence-corrected chi connectivity index (χ3v) is 5.09. The average molecular weight is 553 g/mol. The summed E-state index contributed by atoms with van der Waals surface area (Å²) in [6.45, 7) is 2.90. The van der Waals surface area contributed by atoms with Crippen LogP contribution in [0.1, 0.15) is 54.6 Å². The molecule has 0 radical (unpaired) electrons. The van der Waals surface area contributed by atoms with Gasteiger partial charge in [-0.1, -0.05) is 12.0 Å². The molecule has 15 heteroatoms. The molecule has 1 aliphatic heterocycles. The number of hydrogen-bond donors (Lipinski definition) is 0. The summed E-state index contributed by atoms with van der Waals surface area (Å²) in [6, 6.07) is 4.17. The Morgan fingerprint density at radius 3 is 2.28 bits per heavy atom. The number of aromatic nitrogens is 3. The zero-order valence-electron chi connectivity index (χ0n) is 21.0. The molecule has 39 heavy (non-hydrogen) atoms. The fourth-order valence-electron chi connectivity index (χ4n) is 3.55. The molecule has 2 heterocycles. The fourth-order valence-corrected chi connectivity index (χ4v) is 3.55. The van der Waals surface area contributed by atoms with E-state index in [4.69, 9.17) is 18.9 Å². The Kier molecular flexibility index (Phi) is 8.92. The zero-order chi connectivity index (χ0) is 28.9. The van der Waals surface area contributed by atoms with Crippen molar-refractivity contribution in [2.45, 2.75) is 51.5 Å². The van der Waals surface area contributed by atoms with Crippen molar-refractivity contribution in [2.24, 2.45) is 0 Å². The molecule has 1 saturated heterocycles. The Morgan fingerprint density at radius 1 is 1.03 bits per heavy atom. The maximum Gasteiger partial charge on any atom is 0.416 e. The highest BCUT2D eigenvalue weighted by Gasteiger charge is 2.51. The van der Waals surface area contributed by atoms with Gasteiger partial charge >= 0.3 is 30.1 Å². The van der Waals surface area contributed by atoms with Gasteiger partial charge in [0.05, 0.1) is 12.7 Å². The van der Waals surface area contributed by atoms with Crippen LogP contribution in [0.4, 0.5) is 13.2 Å². The van der Waals surface area contributed by atoms with E-state index in [9.17, 15) is 32.3 Å². The molecule has 0 N–H and O–H groups in total. The lowest BCUT2D eigenvalue weighted by atomic mass is 10.1. The third kappa shape index (κ3) is 7.32. The van der Waals surface area contributed by atoms with Crippen LogP contribution < -0.4 is 0 Å². The first-order valence-electron chi connectivity index (χ1n) is 11.2. The summed E-state index contributed by atoms with van der Waals surface area (Å²) in [5.41, 5.74) is -0.967. The van der Waals surface area contributed by atoms with Crippen molar-refractivity contribution in [2.75, 3.05) is 13.7 Å². The monoisotopic (exact) mass is 553 g/mol. The van der Waals surface area contributed by atoms with Crippen LogP contribution in [-0.4, -0.2) is 70.7 Å². The summed E-state index contributed by atoms with van der Waals surface area (Å²) in [6.07, 6.45) is -9.84. The van der Waals surface area contributed by atoms with Crippen molar-refractivity contribution in [3.8, 4) is 11.8 Å². The highest BCUT2D eigenvalue weighted by atomic mass is 19.4. The standard InChI is InChI=1S/C24H22F3N3O9/c1-12(31)36-11-17-19(37-13(2)32)20(38-14(3)33)22(39-17)30-18(28-21(29-30)23(34)35-4)9-8-15-6-5-7-16(10-15)24(25,26)27/h5-7,10,17,19-20,22H,11H2,1-4H3/t17-,19-,20-,22-/m1/s1. The van der Waals surface area contributed by atoms with E-state index < -0.39 is 72.6 Å². The first-order valence-corrected chi connectivity index (χ1v) is 11.2. The predicted molar refractivity (Wildman–Crippen MR) is 120 cm³/mol. The first kappa shape index (κ1) is 29.1. The Morgan fingerprint density at radius 2 is 1.69 bits per heavy atom. The maximum atomic E-state index is 13.1. The van der Waals surface area contributed by atoms with Gasteiger partial charge in [0, 0.05) is 26.3 Å². The number of hydrogen-bond acceptors (Lipinski definition) is 11. The largest absolute Gasteiger partial charge is 0.463 e. The van der Waals surface area contributed by atoms with Gasteiger partial charge in [-0.3, -0.25) is 14.4 Å². The Bertz CT molecular complexity index is 1330. The van der Waals surface area contributed by atoms with Crippen molar-refractivity contribution in [1.29, 1.82) is 0 Å². The number of halogens is 3. The molecule has 1 fully saturated rings. The number of alkyl halides is 3. The van der Waals surface area contributed by atoms with Gasteiger partial charge in [0.2, 0.25) is 5.82 Å². The number of esters is 4. The summed E-state index contributed by atoms with van der Waals surface area (Å²) in [5, 5.41) is 4.02. The van der Waals surface area contributed by atoms with Crippen LogP contribution in [0.2, 0.25) is 0 Å². The second-order valence-corrected chi connectivity index (χ2v) is 8.04. The molecular formula is C24H22F3N3O9. The van der Waals surface area contributed by atoms with E-state index in [0.717, 1.165) is 50.8 Å². The van der Waals surface area contributed by atoms with Crippen molar-refractivity contribution in [3.63, 3.8) is 0 Å². The van der Waals surface area contributed by atoms with E-state index in [1.807, 2.05) is 0 Å². The van der Waals surface area contributed by atoms with Gasteiger partial charge < -0.3 is 23.7 Å². The molecule has 1 aliphatic rings. The van der Waals surface area contributed by atoms with Crippen molar-refractivity contribution < 1.29 is 56.0 Å². The van der Waals surface area contributed by atoms with Crippen LogP contribution in [0.3, 0.4) is 0 Å². The second-order valence-electron chi connectivity index (χ2n) is 8.04. The molecule has 3 rings (SSSR count). The minimum atomic E-state index is -4.60. The number of rotatable bonds is 6. The summed E-state index contributed by atoms with van der Waals surface area (Å²) in [5.74, 6) is 1.03. The van der Waals surface area contributed by atoms with E-state index in [1.165, 1.54) is 6.07 Å². The molecule has 2 aromatic rings. The molecule has 0 unspecified atom stereocenters. The molecular weight excluding hydrogens is 531 g/mol. The van der Waals surface area contributed by atoms with Gasteiger partial charge in [0.25, 0.3) is 5.82 Å². The lowest BCUT2D eigenvalue weighted by molar-refractivity contribution is -0.166. The smallest absolute Gasteiger partial charge is 0.416 e. The number of methoxy groups -OCH3 is 1. The summed E-state index contributed by atoms with van der Waals surface area (Å²) >= 11 is 0. The lowest BCUT2D eigenvalue weighted by Crippen LogP contribution is -2.40. The van der Waals surface area contributed by atoms with E-state index in [2.05, 4.69) is 26.7 Å². The van der Waals surface area contributed by atoms with Gasteiger partial charge in [-0.05, 0) is 24.1 Å². The van der Waals surface area contributed by atoms with Crippen molar-refractivity contribution >= 4 is 23.9 Å². The van der Waals surface area contributed by atoms with Crippen LogP contribution in [0.15, 0.2) is 24.3 Å². The normalized spacial score (nSPS) is 20.4. The minimum absolute atomic E-state index is 0.0339. The van der Waals surface area contributed by atoms with Gasteiger partial charge in [0.1, 0.15) is 12.7 Å². The van der Waals surface area contributed by atoms with Crippen LogP contribution in [-0.2, 0) is 44.2 Å². The number of carbonyl (C=O) groups excluding carboxylic acids is 4. The van der Waals surface area contributed by atoms with Crippen LogP contribution in [0.5, 0.6) is 0 Å². The lowest BCUT2D eigenvalue weighted by Gasteiger charge is -2.23. The fraction of sp³-hybridized carbons (Fsp3) is 0.417. The summed E-state index contributed by atoms with van der Waals surface area (Å²) < 4.78 is 66.3. The SMILES string of the molecule is COC(=O)c1nc(C#Cc2cccc(C(F)(F)F)c2)n([C@@H]2O[C@H](COC(C)=O)[C@@H](OC(C)=O)[C@H]2OC(C)=O)n1. The molecule has 1 aromatic carbocycles. The molecule has 0 saturated carbocycles. The molecule has 4 atom stereocenters. The van der Waals surface area contributed by atoms with E-state index in [1.54, 1.807) is 0 Å². The summed E-state index contributed by atoms with van der Waals surface area (Å²) in [4.78, 5) is 51.2. The van der Waals surface area contributed by atoms with E-state index in [-0.39, 0.29) is 11.4 Å². The number of nitrogens with zero attached hydrogens (tertiary/aromatic N) is 3. The predicted octanol–water partition coefficient (Wildman–Crippen LogP) is 1.81. The molecule has 208 valence electrons. The van der Waals surface area contributed by atoms with Crippen LogP contribution >= 0.6 is 0 Å². The van der Waals surface area contributed by atoms with E-state index in [0.29, 0.717) is 0 Å². The van der Waals surface area contributed by atoms with E-state index >= 15 is 0 Å². The topological polar surface area (TPSA) is 145 Å². The average Bonchev–Trinajstić information content (AvgIpc) is 3.41. The van der Waals surface area contributed by atoms with Gasteiger partial charge in [-0.15, -0.1) is 5.10 Å². The van der Waals surface area contributed by atoms with Gasteiger partial charge in [-0.2, -0.15) is 18.2 Å². The molecule has 0 amide bonds. The maximum absolute atomic E-state index is 13.1. The third-order valence-electron chi connectivity index (χ3n) is 5.09. The van der Waals surface area contributed by atoms with Gasteiger partial charge in [0.15, 0.2) is 18.4 Å². The summed E-state index contributed by atoms with van der Waals surface area (Å²) in [7, 11) is 1.07. The van der Waals surface area contributed by atoms with Crippen molar-refractivity contribution in [3.05, 3.63) is 47.0 Å². The number of ether oxygens (including phenoxy) is 5. The molecule has 1 aromatic heterocycles. The molecule has 0 spiro atoms. The zero-order valence-corrected chi connectivity index (χ0v) is 21.0. The van der Waals surface area contributed by atoms with Crippen LogP contribution in [0, 0.1) is 11.8 Å². The number of carbonyl (C=O) groups is 4. The van der Waals surface area contributed by atoms with Gasteiger partial charge in [-0.25, -0.2) is 9.48 Å². The Labute approximate surface area is 219 Å². The highest BCUT2D eigenvalue weighted by molar-refractivity contribution is 5.85. The minimum Gasteiger partial charge on any atom is -0.463 e. The quantitative estimate of drug-likeness (QED) is 0.293. The molecule has 0 aliphatic carbocycles. The first-order chi connectivity index (χ1) is 18.3. The molecule has 0 bridgehead atoms. The highest BCUT2D eigenvalue weighted by Crippen LogP contribution is 2.35. The Balaban J connectivity index is 2.10. The number of benzene rings is 1. The van der Waals surface area contributed by atoms with Crippen molar-refractivity contribution in [1.82, 2.24) is 14.8 Å². The Hall–Kier alpha value is -4.45. The van der Waals surface area contributed by atoms with Crippen LogP contribution in [0.25, 0.3) is 0 Å². The molecule has 12 nitrogen and oxygen atoms in total.